The summed E-state index contributed by atoms with van der Waals surface area (Å²) < 4.78 is 1.04. The molecule has 1 unspecified atom stereocenters. The SMILES string of the molecule is NC1(C(O)c2ccc(Br)s2)CC1. The van der Waals surface area contributed by atoms with Crippen LogP contribution in [0.4, 0.5) is 0 Å². The van der Waals surface area contributed by atoms with Crippen LogP contribution in [0.25, 0.3) is 0 Å². The fourth-order valence-electron chi connectivity index (χ4n) is 1.18. The second-order valence-corrected chi connectivity index (χ2v) is 5.77. The molecule has 0 bridgehead atoms. The van der Waals surface area contributed by atoms with Gasteiger partial charge in [0.15, 0.2) is 0 Å². The average molecular weight is 248 g/mol. The van der Waals surface area contributed by atoms with E-state index in [4.69, 9.17) is 5.73 Å². The molecule has 1 aliphatic carbocycles. The van der Waals surface area contributed by atoms with Gasteiger partial charge in [0.05, 0.1) is 3.79 Å². The van der Waals surface area contributed by atoms with Gasteiger partial charge < -0.3 is 10.8 Å². The van der Waals surface area contributed by atoms with Crippen molar-refractivity contribution in [2.45, 2.75) is 24.5 Å². The number of rotatable bonds is 2. The zero-order valence-corrected chi connectivity index (χ0v) is 8.86. The minimum absolute atomic E-state index is 0.329. The van der Waals surface area contributed by atoms with Crippen molar-refractivity contribution in [3.63, 3.8) is 0 Å². The van der Waals surface area contributed by atoms with E-state index in [2.05, 4.69) is 15.9 Å². The second kappa shape index (κ2) is 2.80. The predicted octanol–water partition coefficient (Wildman–Crippen LogP) is 2.04. The lowest BCUT2D eigenvalue weighted by Crippen LogP contribution is -2.29. The van der Waals surface area contributed by atoms with Crippen LogP contribution >= 0.6 is 27.3 Å². The van der Waals surface area contributed by atoms with Crippen LogP contribution in [0, 0.1) is 0 Å². The monoisotopic (exact) mass is 247 g/mol. The van der Waals surface area contributed by atoms with Gasteiger partial charge in [0.1, 0.15) is 6.10 Å². The molecule has 1 fully saturated rings. The molecule has 1 heterocycles. The summed E-state index contributed by atoms with van der Waals surface area (Å²) in [6.45, 7) is 0. The number of nitrogens with two attached hydrogens (primary N) is 1. The number of aliphatic hydroxyl groups is 1. The van der Waals surface area contributed by atoms with E-state index in [9.17, 15) is 5.11 Å². The molecule has 1 aromatic rings. The lowest BCUT2D eigenvalue weighted by atomic mass is 10.1. The lowest BCUT2D eigenvalue weighted by Gasteiger charge is -2.15. The van der Waals surface area contributed by atoms with Crippen LogP contribution in [0.5, 0.6) is 0 Å². The van der Waals surface area contributed by atoms with Gasteiger partial charge >= 0.3 is 0 Å². The highest BCUT2D eigenvalue weighted by Crippen LogP contribution is 2.45. The van der Waals surface area contributed by atoms with Crippen molar-refractivity contribution in [2.24, 2.45) is 5.73 Å². The Morgan fingerprint density at radius 2 is 2.25 bits per heavy atom. The van der Waals surface area contributed by atoms with E-state index >= 15 is 0 Å². The molecule has 0 radical (unpaired) electrons. The molecule has 3 N–H and O–H groups in total. The van der Waals surface area contributed by atoms with Crippen LogP contribution in [-0.4, -0.2) is 10.6 Å². The third kappa shape index (κ3) is 1.44. The minimum Gasteiger partial charge on any atom is -0.386 e. The fraction of sp³-hybridized carbons (Fsp3) is 0.500. The maximum atomic E-state index is 9.80. The fourth-order valence-corrected chi connectivity index (χ4v) is 2.71. The van der Waals surface area contributed by atoms with Crippen LogP contribution in [0.1, 0.15) is 23.8 Å². The summed E-state index contributed by atoms with van der Waals surface area (Å²) in [5, 5.41) is 9.80. The van der Waals surface area contributed by atoms with Crippen LogP contribution < -0.4 is 5.73 Å². The Hall–Kier alpha value is 0.1000. The van der Waals surface area contributed by atoms with Gasteiger partial charge in [-0.15, -0.1) is 11.3 Å². The van der Waals surface area contributed by atoms with Gasteiger partial charge in [0.25, 0.3) is 0 Å². The van der Waals surface area contributed by atoms with E-state index in [1.165, 1.54) is 0 Å². The van der Waals surface area contributed by atoms with Gasteiger partial charge in [0, 0.05) is 10.4 Å². The van der Waals surface area contributed by atoms with Crippen molar-refractivity contribution in [3.05, 3.63) is 20.8 Å². The number of hydrogen-bond donors (Lipinski definition) is 2. The maximum absolute atomic E-state index is 9.80. The molecular weight excluding hydrogens is 238 g/mol. The third-order valence-electron chi connectivity index (χ3n) is 2.24. The zero-order chi connectivity index (χ0) is 8.77. The molecule has 0 spiro atoms. The van der Waals surface area contributed by atoms with Gasteiger partial charge in [-0.05, 0) is 40.9 Å². The van der Waals surface area contributed by atoms with Crippen LogP contribution in [0.15, 0.2) is 15.9 Å². The maximum Gasteiger partial charge on any atom is 0.106 e. The van der Waals surface area contributed by atoms with E-state index in [0.29, 0.717) is 0 Å². The Bertz CT molecular complexity index is 295. The first kappa shape index (κ1) is 8.69. The summed E-state index contributed by atoms with van der Waals surface area (Å²) in [6.07, 6.45) is 1.39. The number of hydrogen-bond acceptors (Lipinski definition) is 3. The van der Waals surface area contributed by atoms with Crippen LogP contribution in [0.3, 0.4) is 0 Å². The molecule has 0 amide bonds. The molecule has 2 rings (SSSR count). The normalized spacial score (nSPS) is 22.2. The van der Waals surface area contributed by atoms with Crippen LogP contribution in [-0.2, 0) is 0 Å². The number of aliphatic hydroxyl groups excluding tert-OH is 1. The molecule has 1 saturated carbocycles. The Labute approximate surface area is 83.5 Å². The van der Waals surface area contributed by atoms with Crippen molar-refractivity contribution in [1.29, 1.82) is 0 Å². The Kier molecular flexibility index (Phi) is 2.03. The second-order valence-electron chi connectivity index (χ2n) is 3.28. The molecule has 0 saturated heterocycles. The summed E-state index contributed by atoms with van der Waals surface area (Å²) in [4.78, 5) is 0.960. The standard InChI is InChI=1S/C8H10BrNOS/c9-6-2-1-5(12-6)7(11)8(10)3-4-8/h1-2,7,11H,3-4,10H2. The van der Waals surface area contributed by atoms with Crippen molar-refractivity contribution in [3.8, 4) is 0 Å². The van der Waals surface area contributed by atoms with Gasteiger partial charge in [-0.25, -0.2) is 0 Å². The molecule has 2 nitrogen and oxygen atoms in total. The molecule has 1 aromatic heterocycles. The molecular formula is C8H10BrNOS. The summed E-state index contributed by atoms with van der Waals surface area (Å²) in [6, 6.07) is 3.86. The van der Waals surface area contributed by atoms with Crippen molar-refractivity contribution < 1.29 is 5.11 Å². The molecule has 1 aliphatic rings. The smallest absolute Gasteiger partial charge is 0.106 e. The quantitative estimate of drug-likeness (QED) is 0.841. The predicted molar refractivity (Wildman–Crippen MR) is 53.1 cm³/mol. The van der Waals surface area contributed by atoms with E-state index in [-0.39, 0.29) is 5.54 Å². The van der Waals surface area contributed by atoms with Gasteiger partial charge in [-0.2, -0.15) is 0 Å². The van der Waals surface area contributed by atoms with E-state index in [0.717, 1.165) is 21.5 Å². The third-order valence-corrected chi connectivity index (χ3v) is 3.91. The number of halogens is 1. The number of thiophene rings is 1. The molecule has 0 aromatic carbocycles. The average Bonchev–Trinajstić information content (AvgIpc) is 2.62. The van der Waals surface area contributed by atoms with Gasteiger partial charge in [-0.3, -0.25) is 0 Å². The van der Waals surface area contributed by atoms with E-state index in [1.807, 2.05) is 12.1 Å². The zero-order valence-electron chi connectivity index (χ0n) is 6.46. The van der Waals surface area contributed by atoms with Gasteiger partial charge in [-0.1, -0.05) is 0 Å². The van der Waals surface area contributed by atoms with Gasteiger partial charge in [0.2, 0.25) is 0 Å². The highest BCUT2D eigenvalue weighted by atomic mass is 79.9. The van der Waals surface area contributed by atoms with Crippen molar-refractivity contribution in [1.82, 2.24) is 0 Å². The minimum atomic E-state index is -0.478. The Balaban J connectivity index is 2.19. The lowest BCUT2D eigenvalue weighted by molar-refractivity contribution is 0.139. The van der Waals surface area contributed by atoms with Crippen molar-refractivity contribution >= 4 is 27.3 Å². The summed E-state index contributed by atoms with van der Waals surface area (Å²) in [5.74, 6) is 0. The molecule has 0 aliphatic heterocycles. The molecule has 1 atom stereocenters. The highest BCUT2D eigenvalue weighted by molar-refractivity contribution is 9.11. The summed E-state index contributed by atoms with van der Waals surface area (Å²) in [7, 11) is 0. The Morgan fingerprint density at radius 3 is 2.67 bits per heavy atom. The first-order chi connectivity index (χ1) is 5.62. The van der Waals surface area contributed by atoms with E-state index in [1.54, 1.807) is 11.3 Å². The highest BCUT2D eigenvalue weighted by Gasteiger charge is 2.46. The molecule has 12 heavy (non-hydrogen) atoms. The molecule has 4 heteroatoms. The summed E-state index contributed by atoms with van der Waals surface area (Å²) in [5.41, 5.74) is 5.54. The van der Waals surface area contributed by atoms with Crippen molar-refractivity contribution in [2.75, 3.05) is 0 Å². The Morgan fingerprint density at radius 1 is 1.58 bits per heavy atom. The first-order valence-corrected chi connectivity index (χ1v) is 5.45. The molecule has 66 valence electrons. The summed E-state index contributed by atoms with van der Waals surface area (Å²) >= 11 is 4.90. The van der Waals surface area contributed by atoms with Crippen LogP contribution in [0.2, 0.25) is 0 Å². The topological polar surface area (TPSA) is 46.2 Å². The first-order valence-electron chi connectivity index (χ1n) is 3.84. The van der Waals surface area contributed by atoms with E-state index < -0.39 is 6.10 Å². The largest absolute Gasteiger partial charge is 0.386 e.